The summed E-state index contributed by atoms with van der Waals surface area (Å²) in [5, 5.41) is 12.8. The normalized spacial score (nSPS) is 24.1. The molecule has 0 bridgehead atoms. The Kier molecular flexibility index (Phi) is 4.62. The maximum atomic E-state index is 12.6. The maximum absolute atomic E-state index is 12.6. The highest BCUT2D eigenvalue weighted by Gasteiger charge is 2.66. The van der Waals surface area contributed by atoms with Crippen molar-refractivity contribution in [2.24, 2.45) is 5.41 Å². The molecule has 6 nitrogen and oxygen atoms in total. The standard InChI is InChI=1S/C23H25NO5/c1-22(2)19(25)12-23(22,20(26)28-3)24-21(27)29-13-18-16-10-6-4-8-14(16)15-9-5-7-11-17(15)18/h4-11,18-19,25H,12-13H2,1-3H3,(H,24,27)/t19-,23-/m1/s1. The molecule has 6 heteroatoms. The van der Waals surface area contributed by atoms with E-state index in [0.29, 0.717) is 0 Å². The number of ether oxygens (including phenoxy) is 2. The largest absolute Gasteiger partial charge is 0.467 e. The van der Waals surface area contributed by atoms with Crippen molar-refractivity contribution in [3.8, 4) is 11.1 Å². The predicted octanol–water partition coefficient (Wildman–Crippen LogP) is 3.23. The summed E-state index contributed by atoms with van der Waals surface area (Å²) in [6.07, 6.45) is -1.32. The van der Waals surface area contributed by atoms with Gasteiger partial charge in [-0.2, -0.15) is 0 Å². The highest BCUT2D eigenvalue weighted by Crippen LogP contribution is 2.50. The van der Waals surface area contributed by atoms with Crippen LogP contribution in [0.25, 0.3) is 11.1 Å². The third-order valence-electron chi connectivity index (χ3n) is 6.63. The van der Waals surface area contributed by atoms with E-state index in [4.69, 9.17) is 9.47 Å². The van der Waals surface area contributed by atoms with Crippen LogP contribution in [0.15, 0.2) is 48.5 Å². The molecule has 0 radical (unpaired) electrons. The number of fused-ring (bicyclic) bond motifs is 3. The van der Waals surface area contributed by atoms with Crippen LogP contribution in [0.2, 0.25) is 0 Å². The van der Waals surface area contributed by atoms with Crippen molar-refractivity contribution >= 4 is 12.1 Å². The molecular weight excluding hydrogens is 370 g/mol. The Labute approximate surface area is 169 Å². The third kappa shape index (κ3) is 2.82. The van der Waals surface area contributed by atoms with Crippen molar-refractivity contribution in [1.82, 2.24) is 5.32 Å². The summed E-state index contributed by atoms with van der Waals surface area (Å²) in [6, 6.07) is 16.2. The molecule has 2 atom stereocenters. The van der Waals surface area contributed by atoms with Crippen LogP contribution in [-0.2, 0) is 14.3 Å². The molecule has 0 aromatic heterocycles. The number of aliphatic hydroxyl groups excluding tert-OH is 1. The number of benzene rings is 2. The second-order valence-corrected chi connectivity index (χ2v) is 8.29. The Morgan fingerprint density at radius 3 is 2.10 bits per heavy atom. The van der Waals surface area contributed by atoms with Crippen molar-refractivity contribution in [3.63, 3.8) is 0 Å². The van der Waals surface area contributed by atoms with Crippen LogP contribution in [0.4, 0.5) is 4.79 Å². The van der Waals surface area contributed by atoms with Gasteiger partial charge in [0.2, 0.25) is 0 Å². The van der Waals surface area contributed by atoms with Gasteiger partial charge in [0.25, 0.3) is 0 Å². The molecule has 2 aromatic carbocycles. The molecule has 0 spiro atoms. The quantitative estimate of drug-likeness (QED) is 0.777. The third-order valence-corrected chi connectivity index (χ3v) is 6.63. The molecule has 0 saturated heterocycles. The van der Waals surface area contributed by atoms with Gasteiger partial charge in [-0.3, -0.25) is 0 Å². The minimum Gasteiger partial charge on any atom is -0.467 e. The van der Waals surface area contributed by atoms with E-state index in [1.165, 1.54) is 7.11 Å². The molecule has 0 aliphatic heterocycles. The highest BCUT2D eigenvalue weighted by atomic mass is 16.6. The van der Waals surface area contributed by atoms with Crippen molar-refractivity contribution in [3.05, 3.63) is 59.7 Å². The number of esters is 1. The van der Waals surface area contributed by atoms with Crippen molar-refractivity contribution in [2.75, 3.05) is 13.7 Å². The van der Waals surface area contributed by atoms with Gasteiger partial charge in [0.15, 0.2) is 5.54 Å². The van der Waals surface area contributed by atoms with Crippen LogP contribution in [0, 0.1) is 5.41 Å². The number of hydrogen-bond acceptors (Lipinski definition) is 5. The number of carbonyl (C=O) groups is 2. The summed E-state index contributed by atoms with van der Waals surface area (Å²) >= 11 is 0. The van der Waals surface area contributed by atoms with Gasteiger partial charge in [-0.25, -0.2) is 9.59 Å². The second-order valence-electron chi connectivity index (χ2n) is 8.29. The predicted molar refractivity (Wildman–Crippen MR) is 107 cm³/mol. The molecule has 152 valence electrons. The van der Waals surface area contributed by atoms with E-state index < -0.39 is 29.1 Å². The lowest BCUT2D eigenvalue weighted by Crippen LogP contribution is -2.75. The van der Waals surface area contributed by atoms with Crippen LogP contribution < -0.4 is 5.32 Å². The highest BCUT2D eigenvalue weighted by molar-refractivity contribution is 5.88. The van der Waals surface area contributed by atoms with Crippen LogP contribution in [0.1, 0.15) is 37.3 Å². The van der Waals surface area contributed by atoms with Gasteiger partial charge in [0.05, 0.1) is 13.2 Å². The summed E-state index contributed by atoms with van der Waals surface area (Å²) in [7, 11) is 1.27. The molecule has 2 aliphatic carbocycles. The molecule has 2 N–H and O–H groups in total. The van der Waals surface area contributed by atoms with Gasteiger partial charge in [0.1, 0.15) is 6.61 Å². The number of alkyl carbamates (subject to hydrolysis) is 1. The first-order chi connectivity index (χ1) is 13.8. The average molecular weight is 395 g/mol. The molecule has 1 fully saturated rings. The van der Waals surface area contributed by atoms with Crippen LogP contribution in [-0.4, -0.2) is 42.5 Å². The van der Waals surface area contributed by atoms with E-state index in [9.17, 15) is 14.7 Å². The van der Waals surface area contributed by atoms with E-state index in [1.807, 2.05) is 36.4 Å². The Morgan fingerprint density at radius 1 is 1.07 bits per heavy atom. The summed E-state index contributed by atoms with van der Waals surface area (Å²) in [5.41, 5.74) is 2.36. The Morgan fingerprint density at radius 2 is 1.62 bits per heavy atom. The summed E-state index contributed by atoms with van der Waals surface area (Å²) < 4.78 is 10.4. The number of hydrogen-bond donors (Lipinski definition) is 2. The molecule has 4 rings (SSSR count). The van der Waals surface area contributed by atoms with Gasteiger partial charge < -0.3 is 19.9 Å². The number of rotatable bonds is 4. The van der Waals surface area contributed by atoms with Crippen LogP contribution in [0.3, 0.4) is 0 Å². The summed E-state index contributed by atoms with van der Waals surface area (Å²) in [5.74, 6) is -0.650. The Balaban J connectivity index is 1.51. The number of amides is 1. The van der Waals surface area contributed by atoms with Crippen LogP contribution in [0.5, 0.6) is 0 Å². The average Bonchev–Trinajstić information content (AvgIpc) is 3.05. The fourth-order valence-electron chi connectivity index (χ4n) is 4.55. The molecule has 2 aromatic rings. The van der Waals surface area contributed by atoms with Crippen molar-refractivity contribution < 1.29 is 24.2 Å². The van der Waals surface area contributed by atoms with E-state index in [-0.39, 0.29) is 18.9 Å². The Bertz CT molecular complexity index is 924. The zero-order valence-corrected chi connectivity index (χ0v) is 16.8. The molecule has 0 unspecified atom stereocenters. The smallest absolute Gasteiger partial charge is 0.408 e. The van der Waals surface area contributed by atoms with E-state index in [2.05, 4.69) is 17.4 Å². The molecule has 2 aliphatic rings. The second kappa shape index (κ2) is 6.88. The monoisotopic (exact) mass is 395 g/mol. The first kappa shape index (κ1) is 19.5. The first-order valence-corrected chi connectivity index (χ1v) is 9.71. The number of carbonyl (C=O) groups excluding carboxylic acids is 2. The van der Waals surface area contributed by atoms with Crippen LogP contribution >= 0.6 is 0 Å². The lowest BCUT2D eigenvalue weighted by atomic mass is 9.54. The zero-order chi connectivity index (χ0) is 20.8. The van der Waals surface area contributed by atoms with E-state index in [1.54, 1.807) is 13.8 Å². The zero-order valence-electron chi connectivity index (χ0n) is 16.8. The van der Waals surface area contributed by atoms with E-state index >= 15 is 0 Å². The van der Waals surface area contributed by atoms with Gasteiger partial charge in [-0.15, -0.1) is 0 Å². The Hall–Kier alpha value is -2.86. The minimum atomic E-state index is -1.30. The summed E-state index contributed by atoms with van der Waals surface area (Å²) in [6.45, 7) is 3.60. The van der Waals surface area contributed by atoms with Gasteiger partial charge in [-0.1, -0.05) is 62.4 Å². The van der Waals surface area contributed by atoms with Crippen molar-refractivity contribution in [2.45, 2.75) is 37.8 Å². The van der Waals surface area contributed by atoms with E-state index in [0.717, 1.165) is 22.3 Å². The summed E-state index contributed by atoms with van der Waals surface area (Å²) in [4.78, 5) is 25.0. The van der Waals surface area contributed by atoms with Crippen molar-refractivity contribution in [1.29, 1.82) is 0 Å². The maximum Gasteiger partial charge on any atom is 0.408 e. The molecule has 29 heavy (non-hydrogen) atoms. The number of aliphatic hydroxyl groups is 1. The lowest BCUT2D eigenvalue weighted by Gasteiger charge is -2.56. The lowest BCUT2D eigenvalue weighted by molar-refractivity contribution is -0.184. The van der Waals surface area contributed by atoms with Gasteiger partial charge >= 0.3 is 12.1 Å². The van der Waals surface area contributed by atoms with Gasteiger partial charge in [-0.05, 0) is 22.3 Å². The topological polar surface area (TPSA) is 84.9 Å². The SMILES string of the molecule is COC(=O)[C@]1(NC(=O)OCC2c3ccccc3-c3ccccc32)C[C@@H](O)C1(C)C. The molecule has 1 saturated carbocycles. The minimum absolute atomic E-state index is 0.0674. The van der Waals surface area contributed by atoms with Gasteiger partial charge in [0, 0.05) is 17.8 Å². The number of nitrogens with one attached hydrogen (secondary N) is 1. The molecular formula is C23H25NO5. The fraction of sp³-hybridized carbons (Fsp3) is 0.391. The molecule has 1 amide bonds. The first-order valence-electron chi connectivity index (χ1n) is 9.71. The number of methoxy groups -OCH3 is 1. The molecule has 0 heterocycles. The fourth-order valence-corrected chi connectivity index (χ4v) is 4.55.